The topological polar surface area (TPSA) is 46.6 Å². The average molecular weight is 267 g/mol. The van der Waals surface area contributed by atoms with Crippen molar-refractivity contribution in [3.63, 3.8) is 0 Å². The molecule has 1 rings (SSSR count). The molecule has 18 heavy (non-hydrogen) atoms. The average Bonchev–Trinajstić information content (AvgIpc) is 2.75. The summed E-state index contributed by atoms with van der Waals surface area (Å²) >= 11 is 1.41. The molecule has 0 saturated heterocycles. The summed E-state index contributed by atoms with van der Waals surface area (Å²) in [5.74, 6) is -0.568. The Morgan fingerprint density at radius 1 is 1.50 bits per heavy atom. The zero-order chi connectivity index (χ0) is 13.5. The van der Waals surface area contributed by atoms with E-state index in [1.165, 1.54) is 16.2 Å². The number of amides is 1. The number of carbonyl (C=O) groups excluding carboxylic acids is 2. The van der Waals surface area contributed by atoms with Gasteiger partial charge in [-0.3, -0.25) is 9.59 Å². The molecule has 0 spiro atoms. The van der Waals surface area contributed by atoms with E-state index in [0.29, 0.717) is 18.0 Å². The number of carbonyl (C=O) groups is 2. The van der Waals surface area contributed by atoms with Gasteiger partial charge in [0.15, 0.2) is 0 Å². The Morgan fingerprint density at radius 3 is 2.72 bits per heavy atom. The molecule has 0 aliphatic rings. The summed E-state index contributed by atoms with van der Waals surface area (Å²) in [7, 11) is 0. The van der Waals surface area contributed by atoms with Gasteiger partial charge in [-0.05, 0) is 26.0 Å². The molecule has 0 unspecified atom stereocenters. The van der Waals surface area contributed by atoms with Gasteiger partial charge in [0.25, 0.3) is 5.91 Å². The summed E-state index contributed by atoms with van der Waals surface area (Å²) in [6.45, 7) is 7.86. The molecule has 0 N–H and O–H groups in total. The van der Waals surface area contributed by atoms with Crippen LogP contribution >= 0.6 is 11.3 Å². The van der Waals surface area contributed by atoms with Gasteiger partial charge in [0.2, 0.25) is 0 Å². The van der Waals surface area contributed by atoms with Crippen LogP contribution in [0.2, 0.25) is 0 Å². The van der Waals surface area contributed by atoms with Gasteiger partial charge in [0.1, 0.15) is 6.54 Å². The molecular formula is C13H17NO3S. The standard InChI is InChI=1S/C13H17NO3S/c1-4-8-14(9-12(15)17-5-2)13(16)11-7-6-10(3)18-11/h4,6-7H,1,5,8-9H2,2-3H3. The van der Waals surface area contributed by atoms with E-state index in [2.05, 4.69) is 6.58 Å². The van der Waals surface area contributed by atoms with Crippen LogP contribution < -0.4 is 0 Å². The predicted molar refractivity (Wildman–Crippen MR) is 71.8 cm³/mol. The summed E-state index contributed by atoms with van der Waals surface area (Å²) in [4.78, 5) is 26.7. The molecule has 0 fully saturated rings. The highest BCUT2D eigenvalue weighted by molar-refractivity contribution is 7.13. The molecule has 1 aromatic rings. The van der Waals surface area contributed by atoms with Crippen molar-refractivity contribution in [2.75, 3.05) is 19.7 Å². The largest absolute Gasteiger partial charge is 0.465 e. The Bertz CT molecular complexity index is 439. The third kappa shape index (κ3) is 4.00. The predicted octanol–water partition coefficient (Wildman–Crippen LogP) is 2.25. The molecule has 0 aromatic carbocycles. The number of aryl methyl sites for hydroxylation is 1. The van der Waals surface area contributed by atoms with Crippen LogP contribution in [0.3, 0.4) is 0 Å². The summed E-state index contributed by atoms with van der Waals surface area (Å²) in [6.07, 6.45) is 1.59. The lowest BCUT2D eigenvalue weighted by atomic mass is 10.3. The van der Waals surface area contributed by atoms with Crippen LogP contribution in [0.25, 0.3) is 0 Å². The monoisotopic (exact) mass is 267 g/mol. The Morgan fingerprint density at radius 2 is 2.22 bits per heavy atom. The number of thiophene rings is 1. The maximum Gasteiger partial charge on any atom is 0.325 e. The minimum Gasteiger partial charge on any atom is -0.465 e. The second kappa shape index (κ2) is 6.96. The van der Waals surface area contributed by atoms with Crippen LogP contribution in [0.5, 0.6) is 0 Å². The van der Waals surface area contributed by atoms with E-state index in [1.807, 2.05) is 13.0 Å². The molecule has 0 saturated carbocycles. The number of esters is 1. The Hall–Kier alpha value is -1.62. The summed E-state index contributed by atoms with van der Waals surface area (Å²) in [5.41, 5.74) is 0. The van der Waals surface area contributed by atoms with E-state index in [4.69, 9.17) is 4.74 Å². The molecule has 1 amide bonds. The fourth-order valence-electron chi connectivity index (χ4n) is 1.44. The lowest BCUT2D eigenvalue weighted by molar-refractivity contribution is -0.143. The third-order valence-electron chi connectivity index (χ3n) is 2.21. The fraction of sp³-hybridized carbons (Fsp3) is 0.385. The maximum absolute atomic E-state index is 12.2. The number of nitrogens with zero attached hydrogens (tertiary/aromatic N) is 1. The first-order valence-electron chi connectivity index (χ1n) is 5.70. The lowest BCUT2D eigenvalue weighted by Gasteiger charge is -2.19. The van der Waals surface area contributed by atoms with Gasteiger partial charge in [0, 0.05) is 11.4 Å². The molecule has 5 heteroatoms. The number of rotatable bonds is 6. The fourth-order valence-corrected chi connectivity index (χ4v) is 2.28. The van der Waals surface area contributed by atoms with Crippen molar-refractivity contribution in [1.82, 2.24) is 4.90 Å². The highest BCUT2D eigenvalue weighted by Gasteiger charge is 2.19. The van der Waals surface area contributed by atoms with Crippen molar-refractivity contribution in [2.45, 2.75) is 13.8 Å². The van der Waals surface area contributed by atoms with Crippen molar-refractivity contribution in [3.05, 3.63) is 34.5 Å². The van der Waals surface area contributed by atoms with E-state index < -0.39 is 5.97 Å². The minimum absolute atomic E-state index is 0.0460. The van der Waals surface area contributed by atoms with Crippen molar-refractivity contribution in [3.8, 4) is 0 Å². The summed E-state index contributed by atoms with van der Waals surface area (Å²) in [6, 6.07) is 3.65. The van der Waals surface area contributed by atoms with Crippen LogP contribution in [0.1, 0.15) is 21.5 Å². The molecular weight excluding hydrogens is 250 g/mol. The molecule has 4 nitrogen and oxygen atoms in total. The van der Waals surface area contributed by atoms with Crippen LogP contribution in [0.15, 0.2) is 24.8 Å². The van der Waals surface area contributed by atoms with E-state index in [0.717, 1.165) is 4.88 Å². The van der Waals surface area contributed by atoms with Gasteiger partial charge in [-0.25, -0.2) is 0 Å². The van der Waals surface area contributed by atoms with Crippen LogP contribution in [-0.4, -0.2) is 36.5 Å². The van der Waals surface area contributed by atoms with Crippen LogP contribution in [0, 0.1) is 6.92 Å². The Balaban J connectivity index is 2.74. The molecule has 1 heterocycles. The van der Waals surface area contributed by atoms with Gasteiger partial charge >= 0.3 is 5.97 Å². The normalized spacial score (nSPS) is 9.89. The highest BCUT2D eigenvalue weighted by Crippen LogP contribution is 2.17. The number of ether oxygens (including phenoxy) is 1. The minimum atomic E-state index is -0.402. The first-order chi connectivity index (χ1) is 8.58. The Labute approximate surface area is 111 Å². The lowest BCUT2D eigenvalue weighted by Crippen LogP contribution is -2.36. The molecule has 1 aromatic heterocycles. The van der Waals surface area contributed by atoms with Crippen LogP contribution in [-0.2, 0) is 9.53 Å². The Kier molecular flexibility index (Phi) is 5.58. The second-order valence-electron chi connectivity index (χ2n) is 3.69. The van der Waals surface area contributed by atoms with Gasteiger partial charge in [0.05, 0.1) is 11.5 Å². The summed E-state index contributed by atoms with van der Waals surface area (Å²) < 4.78 is 4.85. The van der Waals surface area contributed by atoms with Crippen molar-refractivity contribution in [2.24, 2.45) is 0 Å². The van der Waals surface area contributed by atoms with Crippen molar-refractivity contribution >= 4 is 23.2 Å². The number of hydrogen-bond donors (Lipinski definition) is 0. The molecule has 0 radical (unpaired) electrons. The van der Waals surface area contributed by atoms with Gasteiger partial charge in [-0.2, -0.15) is 0 Å². The maximum atomic E-state index is 12.2. The van der Waals surface area contributed by atoms with Gasteiger partial charge in [-0.1, -0.05) is 6.08 Å². The van der Waals surface area contributed by atoms with E-state index in [1.54, 1.807) is 19.1 Å². The molecule has 98 valence electrons. The summed E-state index contributed by atoms with van der Waals surface area (Å²) in [5, 5.41) is 0. The molecule has 0 aliphatic carbocycles. The molecule has 0 aliphatic heterocycles. The van der Waals surface area contributed by atoms with E-state index in [9.17, 15) is 9.59 Å². The van der Waals surface area contributed by atoms with Crippen LogP contribution in [0.4, 0.5) is 0 Å². The van der Waals surface area contributed by atoms with Gasteiger partial charge in [-0.15, -0.1) is 17.9 Å². The zero-order valence-corrected chi connectivity index (χ0v) is 11.5. The zero-order valence-electron chi connectivity index (χ0n) is 10.6. The smallest absolute Gasteiger partial charge is 0.325 e. The SMILES string of the molecule is C=CCN(CC(=O)OCC)C(=O)c1ccc(C)s1. The van der Waals surface area contributed by atoms with E-state index >= 15 is 0 Å². The quantitative estimate of drug-likeness (QED) is 0.586. The second-order valence-corrected chi connectivity index (χ2v) is 4.98. The number of hydrogen-bond acceptors (Lipinski definition) is 4. The molecule has 0 bridgehead atoms. The van der Waals surface area contributed by atoms with E-state index in [-0.39, 0.29) is 12.5 Å². The first-order valence-corrected chi connectivity index (χ1v) is 6.52. The van der Waals surface area contributed by atoms with Crippen molar-refractivity contribution < 1.29 is 14.3 Å². The highest BCUT2D eigenvalue weighted by atomic mass is 32.1. The first kappa shape index (κ1) is 14.4. The van der Waals surface area contributed by atoms with Crippen molar-refractivity contribution in [1.29, 1.82) is 0 Å². The third-order valence-corrected chi connectivity index (χ3v) is 3.20. The van der Waals surface area contributed by atoms with Gasteiger partial charge < -0.3 is 9.64 Å². The molecule has 0 atom stereocenters.